The molecule has 1 aromatic carbocycles. The number of hydrogen-bond acceptors (Lipinski definition) is 3. The average Bonchev–Trinajstić information content (AvgIpc) is 2.32. The lowest BCUT2D eigenvalue weighted by Gasteiger charge is -2.32. The second-order valence-electron chi connectivity index (χ2n) is 5.51. The van der Waals surface area contributed by atoms with E-state index in [2.05, 4.69) is 12.2 Å². The molecule has 0 aliphatic heterocycles. The molecule has 0 radical (unpaired) electrons. The van der Waals surface area contributed by atoms with Gasteiger partial charge in [0, 0.05) is 6.04 Å². The molecule has 3 N–H and O–H groups in total. The summed E-state index contributed by atoms with van der Waals surface area (Å²) in [5, 5.41) is 21.9. The first-order valence-corrected chi connectivity index (χ1v) is 6.83. The van der Waals surface area contributed by atoms with E-state index in [0.717, 1.165) is 32.2 Å². The van der Waals surface area contributed by atoms with Crippen LogP contribution in [-0.2, 0) is 6.42 Å². The molecule has 1 saturated carbocycles. The van der Waals surface area contributed by atoms with E-state index in [1.165, 1.54) is 5.56 Å². The van der Waals surface area contributed by atoms with E-state index >= 15 is 0 Å². The first kappa shape index (κ1) is 13.4. The Morgan fingerprint density at radius 1 is 1.28 bits per heavy atom. The monoisotopic (exact) mass is 249 g/mol. The minimum Gasteiger partial charge on any atom is -0.508 e. The summed E-state index contributed by atoms with van der Waals surface area (Å²) >= 11 is 0. The molecule has 0 saturated heterocycles. The Morgan fingerprint density at radius 2 is 1.94 bits per heavy atom. The molecule has 1 aliphatic rings. The normalized spacial score (nSPS) is 24.6. The summed E-state index contributed by atoms with van der Waals surface area (Å²) in [6.45, 7) is 3.23. The molecule has 3 heteroatoms. The van der Waals surface area contributed by atoms with Crippen molar-refractivity contribution in [3.63, 3.8) is 0 Å². The fourth-order valence-corrected chi connectivity index (χ4v) is 2.38. The quantitative estimate of drug-likeness (QED) is 0.723. The number of aliphatic hydroxyl groups is 1. The predicted octanol–water partition coefficient (Wildman–Crippen LogP) is 2.07. The van der Waals surface area contributed by atoms with Crippen molar-refractivity contribution in [2.45, 2.75) is 44.8 Å². The zero-order chi connectivity index (χ0) is 13.0. The standard InChI is InChI=1S/C15H23NO2/c1-11(16-10-13-8-15(18)9-13)2-3-12-4-6-14(17)7-5-12/h4-7,11,13,15-18H,2-3,8-10H2,1H3. The number of nitrogens with one attached hydrogen (secondary N) is 1. The predicted molar refractivity (Wildman–Crippen MR) is 72.6 cm³/mol. The zero-order valence-electron chi connectivity index (χ0n) is 11.0. The van der Waals surface area contributed by atoms with Crippen LogP contribution in [0.5, 0.6) is 5.75 Å². The molecule has 1 fully saturated rings. The lowest BCUT2D eigenvalue weighted by molar-refractivity contribution is 0.0420. The van der Waals surface area contributed by atoms with E-state index in [9.17, 15) is 10.2 Å². The summed E-state index contributed by atoms with van der Waals surface area (Å²) in [7, 11) is 0. The molecule has 1 atom stereocenters. The second kappa shape index (κ2) is 6.21. The van der Waals surface area contributed by atoms with Crippen molar-refractivity contribution >= 4 is 0 Å². The van der Waals surface area contributed by atoms with Gasteiger partial charge in [0.1, 0.15) is 5.75 Å². The van der Waals surface area contributed by atoms with E-state index in [0.29, 0.717) is 17.7 Å². The van der Waals surface area contributed by atoms with Crippen molar-refractivity contribution in [3.8, 4) is 5.75 Å². The Balaban J connectivity index is 1.62. The summed E-state index contributed by atoms with van der Waals surface area (Å²) in [4.78, 5) is 0. The van der Waals surface area contributed by atoms with Crippen molar-refractivity contribution in [1.29, 1.82) is 0 Å². The number of benzene rings is 1. The van der Waals surface area contributed by atoms with Gasteiger partial charge in [0.2, 0.25) is 0 Å². The van der Waals surface area contributed by atoms with E-state index in [1.807, 2.05) is 12.1 Å². The SMILES string of the molecule is CC(CCc1ccc(O)cc1)NCC1CC(O)C1. The van der Waals surface area contributed by atoms with Gasteiger partial charge in [-0.1, -0.05) is 12.1 Å². The van der Waals surface area contributed by atoms with Gasteiger partial charge in [0.25, 0.3) is 0 Å². The topological polar surface area (TPSA) is 52.5 Å². The fraction of sp³-hybridized carbons (Fsp3) is 0.600. The molecule has 3 nitrogen and oxygen atoms in total. The maximum atomic E-state index is 9.21. The summed E-state index contributed by atoms with van der Waals surface area (Å²) < 4.78 is 0. The summed E-state index contributed by atoms with van der Waals surface area (Å²) in [5.74, 6) is 0.990. The van der Waals surface area contributed by atoms with Crippen LogP contribution in [0, 0.1) is 5.92 Å². The van der Waals surface area contributed by atoms with Gasteiger partial charge in [-0.25, -0.2) is 0 Å². The minimum atomic E-state index is -0.0518. The number of phenols is 1. The van der Waals surface area contributed by atoms with E-state index in [-0.39, 0.29) is 6.10 Å². The van der Waals surface area contributed by atoms with Crippen LogP contribution in [0.3, 0.4) is 0 Å². The highest BCUT2D eigenvalue weighted by molar-refractivity contribution is 5.25. The van der Waals surface area contributed by atoms with Crippen LogP contribution in [0.25, 0.3) is 0 Å². The number of aryl methyl sites for hydroxylation is 1. The van der Waals surface area contributed by atoms with Gasteiger partial charge < -0.3 is 15.5 Å². The van der Waals surface area contributed by atoms with Crippen molar-refractivity contribution in [2.24, 2.45) is 5.92 Å². The first-order chi connectivity index (χ1) is 8.63. The molecule has 0 aromatic heterocycles. The third-order valence-corrected chi connectivity index (χ3v) is 3.77. The Kier molecular flexibility index (Phi) is 4.61. The van der Waals surface area contributed by atoms with Crippen LogP contribution < -0.4 is 5.32 Å². The van der Waals surface area contributed by atoms with E-state index < -0.39 is 0 Å². The maximum Gasteiger partial charge on any atom is 0.115 e. The van der Waals surface area contributed by atoms with Crippen LogP contribution in [0.4, 0.5) is 0 Å². The number of aliphatic hydroxyl groups excluding tert-OH is 1. The number of hydrogen-bond donors (Lipinski definition) is 3. The third-order valence-electron chi connectivity index (χ3n) is 3.77. The van der Waals surface area contributed by atoms with Gasteiger partial charge in [0.15, 0.2) is 0 Å². The van der Waals surface area contributed by atoms with Gasteiger partial charge in [-0.05, 0) is 62.8 Å². The lowest BCUT2D eigenvalue weighted by atomic mass is 9.82. The Morgan fingerprint density at radius 3 is 2.56 bits per heavy atom. The van der Waals surface area contributed by atoms with Crippen LogP contribution in [-0.4, -0.2) is 28.9 Å². The van der Waals surface area contributed by atoms with Gasteiger partial charge in [-0.3, -0.25) is 0 Å². The van der Waals surface area contributed by atoms with Crippen molar-refractivity contribution in [2.75, 3.05) is 6.54 Å². The van der Waals surface area contributed by atoms with E-state index in [4.69, 9.17) is 0 Å². The molecule has 18 heavy (non-hydrogen) atoms. The molecular formula is C15H23NO2. The fourth-order valence-electron chi connectivity index (χ4n) is 2.38. The van der Waals surface area contributed by atoms with Gasteiger partial charge in [-0.15, -0.1) is 0 Å². The Bertz CT molecular complexity index is 357. The van der Waals surface area contributed by atoms with Crippen molar-refractivity contribution in [3.05, 3.63) is 29.8 Å². The highest BCUT2D eigenvalue weighted by Gasteiger charge is 2.26. The second-order valence-corrected chi connectivity index (χ2v) is 5.51. The summed E-state index contributed by atoms with van der Waals surface area (Å²) in [5.41, 5.74) is 1.26. The Labute approximate surface area is 109 Å². The lowest BCUT2D eigenvalue weighted by Crippen LogP contribution is -2.39. The zero-order valence-corrected chi connectivity index (χ0v) is 11.0. The molecule has 2 rings (SSSR count). The van der Waals surface area contributed by atoms with E-state index in [1.54, 1.807) is 12.1 Å². The summed E-state index contributed by atoms with van der Waals surface area (Å²) in [6, 6.07) is 7.93. The average molecular weight is 249 g/mol. The number of phenolic OH excluding ortho intramolecular Hbond substituents is 1. The van der Waals surface area contributed by atoms with Gasteiger partial charge in [-0.2, -0.15) is 0 Å². The molecule has 0 bridgehead atoms. The Hall–Kier alpha value is -1.06. The van der Waals surface area contributed by atoms with Crippen molar-refractivity contribution in [1.82, 2.24) is 5.32 Å². The van der Waals surface area contributed by atoms with Gasteiger partial charge >= 0.3 is 0 Å². The largest absolute Gasteiger partial charge is 0.508 e. The molecule has 0 spiro atoms. The molecule has 0 heterocycles. The molecule has 1 aliphatic carbocycles. The highest BCUT2D eigenvalue weighted by atomic mass is 16.3. The molecule has 1 unspecified atom stereocenters. The van der Waals surface area contributed by atoms with Gasteiger partial charge in [0.05, 0.1) is 6.10 Å². The third kappa shape index (κ3) is 4.00. The van der Waals surface area contributed by atoms with Crippen LogP contribution in [0.2, 0.25) is 0 Å². The van der Waals surface area contributed by atoms with Crippen LogP contribution in [0.1, 0.15) is 31.7 Å². The molecule has 100 valence electrons. The highest BCUT2D eigenvalue weighted by Crippen LogP contribution is 2.26. The van der Waals surface area contributed by atoms with Crippen LogP contribution >= 0.6 is 0 Å². The molecule has 0 amide bonds. The smallest absolute Gasteiger partial charge is 0.115 e. The maximum absolute atomic E-state index is 9.21. The number of aromatic hydroxyl groups is 1. The van der Waals surface area contributed by atoms with Crippen LogP contribution in [0.15, 0.2) is 24.3 Å². The van der Waals surface area contributed by atoms with Crippen molar-refractivity contribution < 1.29 is 10.2 Å². The molecular weight excluding hydrogens is 226 g/mol. The minimum absolute atomic E-state index is 0.0518. The summed E-state index contributed by atoms with van der Waals surface area (Å²) in [6.07, 6.45) is 3.99. The number of rotatable bonds is 6. The first-order valence-electron chi connectivity index (χ1n) is 6.83. The molecule has 1 aromatic rings.